The van der Waals surface area contributed by atoms with Crippen LogP contribution >= 0.6 is 0 Å². The van der Waals surface area contributed by atoms with Gasteiger partial charge in [0.15, 0.2) is 0 Å². The Bertz CT molecular complexity index is 1390. The number of halogens is 1. The number of carbonyl (C=O) groups excluding carboxylic acids is 1. The molecule has 0 aliphatic carbocycles. The van der Waals surface area contributed by atoms with Crippen LogP contribution in [0.4, 0.5) is 10.1 Å². The van der Waals surface area contributed by atoms with E-state index in [1.54, 1.807) is 18.2 Å². The molecule has 5 aromatic rings. The SMILES string of the molecule is O=C(Cc1ccccc1F)Nc1ccccc1-c1cccc2c1[nH]c1ccccc12. The summed E-state index contributed by atoms with van der Waals surface area (Å²) in [6.45, 7) is 0. The number of nitrogens with one attached hydrogen (secondary N) is 2. The number of rotatable bonds is 4. The van der Waals surface area contributed by atoms with Gasteiger partial charge >= 0.3 is 0 Å². The quantitative estimate of drug-likeness (QED) is 0.369. The fourth-order valence-corrected chi connectivity index (χ4v) is 3.93. The average Bonchev–Trinajstić information content (AvgIpc) is 3.15. The summed E-state index contributed by atoms with van der Waals surface area (Å²) in [6, 6.07) is 28.4. The molecule has 0 saturated heterocycles. The van der Waals surface area contributed by atoms with Crippen LogP contribution in [-0.4, -0.2) is 10.9 Å². The molecule has 0 saturated carbocycles. The molecule has 0 spiro atoms. The molecule has 1 aromatic heterocycles. The Labute approximate surface area is 173 Å². The molecule has 146 valence electrons. The van der Waals surface area contributed by atoms with Gasteiger partial charge in [-0.15, -0.1) is 0 Å². The van der Waals surface area contributed by atoms with E-state index in [0.29, 0.717) is 11.3 Å². The van der Waals surface area contributed by atoms with E-state index in [-0.39, 0.29) is 18.1 Å². The standard InChI is InChI=1S/C26H19FN2O/c27-22-13-4-1-8-17(22)16-25(30)28-23-14-5-2-9-18(23)20-11-7-12-21-19-10-3-6-15-24(19)29-26(20)21/h1-15,29H,16H2,(H,28,30). The van der Waals surface area contributed by atoms with Crippen molar-refractivity contribution in [3.05, 3.63) is 102 Å². The lowest BCUT2D eigenvalue weighted by Crippen LogP contribution is -2.15. The molecule has 0 radical (unpaired) electrons. The molecule has 0 aliphatic heterocycles. The van der Waals surface area contributed by atoms with E-state index < -0.39 is 0 Å². The average molecular weight is 394 g/mol. The molecule has 1 heterocycles. The Morgan fingerprint density at radius 3 is 2.37 bits per heavy atom. The summed E-state index contributed by atoms with van der Waals surface area (Å²) >= 11 is 0. The van der Waals surface area contributed by atoms with E-state index >= 15 is 0 Å². The van der Waals surface area contributed by atoms with Crippen molar-refractivity contribution < 1.29 is 9.18 Å². The number of aromatic amines is 1. The highest BCUT2D eigenvalue weighted by atomic mass is 19.1. The van der Waals surface area contributed by atoms with Crippen LogP contribution in [0.25, 0.3) is 32.9 Å². The zero-order chi connectivity index (χ0) is 20.5. The van der Waals surface area contributed by atoms with Crippen molar-refractivity contribution in [3.8, 4) is 11.1 Å². The van der Waals surface area contributed by atoms with Crippen LogP contribution in [0.15, 0.2) is 91.0 Å². The highest BCUT2D eigenvalue weighted by Crippen LogP contribution is 2.36. The van der Waals surface area contributed by atoms with E-state index in [1.807, 2.05) is 48.5 Å². The lowest BCUT2D eigenvalue weighted by Gasteiger charge is -2.12. The molecule has 0 aliphatic rings. The molecule has 1 amide bonds. The first-order valence-corrected chi connectivity index (χ1v) is 9.83. The number of anilines is 1. The number of hydrogen-bond donors (Lipinski definition) is 2. The topological polar surface area (TPSA) is 44.9 Å². The lowest BCUT2D eigenvalue weighted by molar-refractivity contribution is -0.115. The third kappa shape index (κ3) is 3.22. The predicted octanol–water partition coefficient (Wildman–Crippen LogP) is 6.31. The van der Waals surface area contributed by atoms with E-state index in [0.717, 1.165) is 32.9 Å². The van der Waals surface area contributed by atoms with Crippen molar-refractivity contribution in [2.45, 2.75) is 6.42 Å². The molecule has 0 unspecified atom stereocenters. The summed E-state index contributed by atoms with van der Waals surface area (Å²) < 4.78 is 13.9. The largest absolute Gasteiger partial charge is 0.354 e. The summed E-state index contributed by atoms with van der Waals surface area (Å²) in [5.74, 6) is -0.625. The molecule has 2 N–H and O–H groups in total. The number of H-pyrrole nitrogens is 1. The number of hydrogen-bond acceptors (Lipinski definition) is 1. The summed E-state index contributed by atoms with van der Waals surface area (Å²) in [7, 11) is 0. The number of benzene rings is 4. The van der Waals surface area contributed by atoms with Gasteiger partial charge in [0.25, 0.3) is 0 Å². The van der Waals surface area contributed by atoms with Crippen molar-refractivity contribution >= 4 is 33.4 Å². The van der Waals surface area contributed by atoms with Gasteiger partial charge in [0.1, 0.15) is 5.82 Å². The first-order valence-electron chi connectivity index (χ1n) is 9.83. The molecular weight excluding hydrogens is 375 g/mol. The van der Waals surface area contributed by atoms with Gasteiger partial charge in [-0.05, 0) is 23.8 Å². The zero-order valence-electron chi connectivity index (χ0n) is 16.2. The van der Waals surface area contributed by atoms with Crippen LogP contribution in [0.2, 0.25) is 0 Å². The number of para-hydroxylation sites is 3. The van der Waals surface area contributed by atoms with Crippen LogP contribution in [0.1, 0.15) is 5.56 Å². The van der Waals surface area contributed by atoms with Crippen LogP contribution in [-0.2, 0) is 11.2 Å². The Morgan fingerprint density at radius 1 is 0.767 bits per heavy atom. The maximum atomic E-state index is 13.9. The monoisotopic (exact) mass is 394 g/mol. The van der Waals surface area contributed by atoms with Gasteiger partial charge in [-0.1, -0.05) is 72.8 Å². The van der Waals surface area contributed by atoms with Crippen molar-refractivity contribution in [2.75, 3.05) is 5.32 Å². The summed E-state index contributed by atoms with van der Waals surface area (Å²) in [4.78, 5) is 16.1. The Morgan fingerprint density at radius 2 is 1.47 bits per heavy atom. The normalized spacial score (nSPS) is 11.1. The van der Waals surface area contributed by atoms with Gasteiger partial charge in [-0.25, -0.2) is 4.39 Å². The van der Waals surface area contributed by atoms with Crippen LogP contribution in [0.5, 0.6) is 0 Å². The first-order chi connectivity index (χ1) is 14.7. The number of amides is 1. The second-order valence-electron chi connectivity index (χ2n) is 7.26. The number of carbonyl (C=O) groups is 1. The van der Waals surface area contributed by atoms with Crippen molar-refractivity contribution in [1.82, 2.24) is 4.98 Å². The molecule has 0 fully saturated rings. The zero-order valence-corrected chi connectivity index (χ0v) is 16.2. The van der Waals surface area contributed by atoms with Gasteiger partial charge in [-0.2, -0.15) is 0 Å². The smallest absolute Gasteiger partial charge is 0.228 e. The highest BCUT2D eigenvalue weighted by Gasteiger charge is 2.14. The maximum absolute atomic E-state index is 13.9. The molecule has 30 heavy (non-hydrogen) atoms. The van der Waals surface area contributed by atoms with Crippen molar-refractivity contribution in [2.24, 2.45) is 0 Å². The van der Waals surface area contributed by atoms with E-state index in [4.69, 9.17) is 0 Å². The lowest BCUT2D eigenvalue weighted by atomic mass is 10.00. The summed E-state index contributed by atoms with van der Waals surface area (Å²) in [5, 5.41) is 5.26. The van der Waals surface area contributed by atoms with Gasteiger partial charge < -0.3 is 10.3 Å². The highest BCUT2D eigenvalue weighted by molar-refractivity contribution is 6.13. The molecule has 5 rings (SSSR count). The third-order valence-corrected chi connectivity index (χ3v) is 5.34. The third-order valence-electron chi connectivity index (χ3n) is 5.34. The minimum atomic E-state index is -0.372. The Hall–Kier alpha value is -3.92. The molecule has 4 aromatic carbocycles. The van der Waals surface area contributed by atoms with Crippen LogP contribution < -0.4 is 5.32 Å². The number of fused-ring (bicyclic) bond motifs is 3. The van der Waals surface area contributed by atoms with Gasteiger partial charge in [0, 0.05) is 33.1 Å². The summed E-state index contributed by atoms with van der Waals surface area (Å²) in [6.07, 6.45) is -0.0163. The van der Waals surface area contributed by atoms with Gasteiger partial charge in [-0.3, -0.25) is 4.79 Å². The van der Waals surface area contributed by atoms with Crippen molar-refractivity contribution in [3.63, 3.8) is 0 Å². The minimum absolute atomic E-state index is 0.0163. The summed E-state index contributed by atoms with van der Waals surface area (Å²) in [5.41, 5.74) is 5.09. The molecule has 0 bridgehead atoms. The van der Waals surface area contributed by atoms with Crippen molar-refractivity contribution in [1.29, 1.82) is 0 Å². The Balaban J connectivity index is 1.54. The van der Waals surface area contributed by atoms with Gasteiger partial charge in [0.2, 0.25) is 5.91 Å². The second-order valence-corrected chi connectivity index (χ2v) is 7.26. The molecular formula is C26H19FN2O. The Kier molecular flexibility index (Phi) is 4.52. The molecule has 4 heteroatoms. The fraction of sp³-hybridized carbons (Fsp3) is 0.0385. The van der Waals surface area contributed by atoms with E-state index in [2.05, 4.69) is 28.5 Å². The number of aromatic nitrogens is 1. The molecule has 0 atom stereocenters. The van der Waals surface area contributed by atoms with E-state index in [9.17, 15) is 9.18 Å². The maximum Gasteiger partial charge on any atom is 0.228 e. The fourth-order valence-electron chi connectivity index (χ4n) is 3.93. The van der Waals surface area contributed by atoms with E-state index in [1.165, 1.54) is 6.07 Å². The van der Waals surface area contributed by atoms with Gasteiger partial charge in [0.05, 0.1) is 11.9 Å². The van der Waals surface area contributed by atoms with Crippen LogP contribution in [0.3, 0.4) is 0 Å². The second kappa shape index (κ2) is 7.48. The predicted molar refractivity (Wildman–Crippen MR) is 120 cm³/mol. The molecule has 3 nitrogen and oxygen atoms in total. The first kappa shape index (κ1) is 18.1. The minimum Gasteiger partial charge on any atom is -0.354 e. The van der Waals surface area contributed by atoms with Crippen LogP contribution in [0, 0.1) is 5.82 Å².